The molecule has 1 heterocycles. The van der Waals surface area contributed by atoms with Gasteiger partial charge in [-0.25, -0.2) is 4.79 Å². The lowest BCUT2D eigenvalue weighted by Crippen LogP contribution is -2.13. The molecule has 0 fully saturated rings. The fourth-order valence-corrected chi connectivity index (χ4v) is 3.60. The molecular formula is C28H27N3O3. The number of hydrogen-bond acceptors (Lipinski definition) is 6. The zero-order chi connectivity index (χ0) is 23.8. The molecule has 34 heavy (non-hydrogen) atoms. The van der Waals surface area contributed by atoms with Gasteiger partial charge in [0.1, 0.15) is 17.0 Å². The number of anilines is 2. The molecule has 0 aliphatic heterocycles. The topological polar surface area (TPSA) is 73.3 Å². The van der Waals surface area contributed by atoms with Crippen LogP contribution in [0.25, 0.3) is 22.4 Å². The van der Waals surface area contributed by atoms with Gasteiger partial charge in [-0.05, 0) is 43.2 Å². The molecule has 0 saturated carbocycles. The molecule has 4 rings (SSSR count). The van der Waals surface area contributed by atoms with Crippen LogP contribution in [0, 0.1) is 0 Å². The Morgan fingerprint density at radius 2 is 1.47 bits per heavy atom. The molecule has 0 aliphatic rings. The maximum Gasteiger partial charge on any atom is 0.342 e. The van der Waals surface area contributed by atoms with Crippen molar-refractivity contribution in [2.24, 2.45) is 0 Å². The van der Waals surface area contributed by atoms with Crippen LogP contribution in [-0.2, 0) is 4.74 Å². The average molecular weight is 454 g/mol. The van der Waals surface area contributed by atoms with E-state index in [0.29, 0.717) is 29.2 Å². The fraction of sp³-hybridized carbons (Fsp3) is 0.179. The SMILES string of the molecule is CCCOc1ccc(Nc2nnc(-c3ccccc3)c(-c3ccccc3)c2C(=O)OCC)cc1. The number of carbonyl (C=O) groups is 1. The summed E-state index contributed by atoms with van der Waals surface area (Å²) >= 11 is 0. The molecule has 0 bridgehead atoms. The standard InChI is InChI=1S/C28H27N3O3/c1-3-19-34-23-17-15-22(16-18-23)29-27-25(28(32)33-4-2)24(20-11-7-5-8-12-20)26(30-31-27)21-13-9-6-10-14-21/h5-18H,3-4,19H2,1-2H3,(H,29,31). The van der Waals surface area contributed by atoms with Gasteiger partial charge in [0.25, 0.3) is 0 Å². The first-order valence-electron chi connectivity index (χ1n) is 11.4. The van der Waals surface area contributed by atoms with Crippen LogP contribution in [0.4, 0.5) is 11.5 Å². The Labute approximate surface area is 199 Å². The largest absolute Gasteiger partial charge is 0.494 e. The molecule has 0 aliphatic carbocycles. The molecule has 0 amide bonds. The lowest BCUT2D eigenvalue weighted by atomic mass is 9.95. The Morgan fingerprint density at radius 1 is 0.824 bits per heavy atom. The second-order valence-corrected chi connectivity index (χ2v) is 7.60. The maximum absolute atomic E-state index is 13.3. The number of nitrogens with zero attached hydrogens (tertiary/aromatic N) is 2. The van der Waals surface area contributed by atoms with Crippen LogP contribution >= 0.6 is 0 Å². The molecule has 6 heteroatoms. The molecule has 0 atom stereocenters. The van der Waals surface area contributed by atoms with Crippen molar-refractivity contribution in [2.75, 3.05) is 18.5 Å². The van der Waals surface area contributed by atoms with E-state index in [2.05, 4.69) is 22.4 Å². The Morgan fingerprint density at radius 3 is 2.09 bits per heavy atom. The minimum Gasteiger partial charge on any atom is -0.494 e. The van der Waals surface area contributed by atoms with Gasteiger partial charge in [-0.2, -0.15) is 0 Å². The first-order chi connectivity index (χ1) is 16.7. The Balaban J connectivity index is 1.84. The summed E-state index contributed by atoms with van der Waals surface area (Å²) in [5, 5.41) is 12.2. The van der Waals surface area contributed by atoms with E-state index >= 15 is 0 Å². The van der Waals surface area contributed by atoms with E-state index in [4.69, 9.17) is 9.47 Å². The highest BCUT2D eigenvalue weighted by Crippen LogP contribution is 2.37. The third-order valence-electron chi connectivity index (χ3n) is 5.15. The van der Waals surface area contributed by atoms with Gasteiger partial charge in [0.15, 0.2) is 5.82 Å². The highest BCUT2D eigenvalue weighted by atomic mass is 16.5. The number of rotatable bonds is 9. The van der Waals surface area contributed by atoms with Crippen molar-refractivity contribution in [1.82, 2.24) is 10.2 Å². The van der Waals surface area contributed by atoms with Crippen LogP contribution in [0.1, 0.15) is 30.6 Å². The summed E-state index contributed by atoms with van der Waals surface area (Å²) in [5.74, 6) is 0.659. The van der Waals surface area contributed by atoms with E-state index in [1.54, 1.807) is 6.92 Å². The van der Waals surface area contributed by atoms with Crippen LogP contribution in [0.5, 0.6) is 5.75 Å². The van der Waals surface area contributed by atoms with Crippen molar-refractivity contribution in [3.05, 3.63) is 90.5 Å². The van der Waals surface area contributed by atoms with Crippen LogP contribution in [0.15, 0.2) is 84.9 Å². The monoisotopic (exact) mass is 453 g/mol. The van der Waals surface area contributed by atoms with Crippen molar-refractivity contribution < 1.29 is 14.3 Å². The van der Waals surface area contributed by atoms with E-state index in [0.717, 1.165) is 29.0 Å². The van der Waals surface area contributed by atoms with E-state index in [1.807, 2.05) is 84.9 Å². The predicted molar refractivity (Wildman–Crippen MR) is 134 cm³/mol. The second-order valence-electron chi connectivity index (χ2n) is 7.60. The first-order valence-corrected chi connectivity index (χ1v) is 11.4. The van der Waals surface area contributed by atoms with Crippen molar-refractivity contribution >= 4 is 17.5 Å². The normalized spacial score (nSPS) is 10.5. The summed E-state index contributed by atoms with van der Waals surface area (Å²) in [5.41, 5.74) is 4.10. The molecule has 0 saturated heterocycles. The number of aromatic nitrogens is 2. The van der Waals surface area contributed by atoms with Gasteiger partial charge in [0.2, 0.25) is 0 Å². The van der Waals surface area contributed by atoms with Crippen LogP contribution in [0.3, 0.4) is 0 Å². The van der Waals surface area contributed by atoms with Gasteiger partial charge < -0.3 is 14.8 Å². The molecule has 1 N–H and O–H groups in total. The minimum atomic E-state index is -0.459. The van der Waals surface area contributed by atoms with Crippen molar-refractivity contribution in [3.63, 3.8) is 0 Å². The fourth-order valence-electron chi connectivity index (χ4n) is 3.60. The molecular weight excluding hydrogens is 426 g/mol. The van der Waals surface area contributed by atoms with Gasteiger partial charge in [-0.3, -0.25) is 0 Å². The van der Waals surface area contributed by atoms with Crippen LogP contribution < -0.4 is 10.1 Å². The summed E-state index contributed by atoms with van der Waals surface area (Å²) in [6.45, 7) is 4.76. The third kappa shape index (κ3) is 5.23. The van der Waals surface area contributed by atoms with E-state index in [9.17, 15) is 4.79 Å². The first kappa shape index (κ1) is 23.0. The van der Waals surface area contributed by atoms with E-state index in [1.165, 1.54) is 0 Å². The number of esters is 1. The van der Waals surface area contributed by atoms with Crippen LogP contribution in [-0.4, -0.2) is 29.4 Å². The maximum atomic E-state index is 13.3. The minimum absolute atomic E-state index is 0.249. The van der Waals surface area contributed by atoms with Gasteiger partial charge in [0.05, 0.1) is 13.2 Å². The molecule has 0 spiro atoms. The molecule has 6 nitrogen and oxygen atoms in total. The average Bonchev–Trinajstić information content (AvgIpc) is 2.89. The zero-order valence-corrected chi connectivity index (χ0v) is 19.3. The number of benzene rings is 3. The van der Waals surface area contributed by atoms with Gasteiger partial charge in [0, 0.05) is 16.8 Å². The van der Waals surface area contributed by atoms with E-state index in [-0.39, 0.29) is 6.61 Å². The molecule has 3 aromatic carbocycles. The lowest BCUT2D eigenvalue weighted by molar-refractivity contribution is 0.0528. The number of ether oxygens (including phenoxy) is 2. The number of hydrogen-bond donors (Lipinski definition) is 1. The summed E-state index contributed by atoms with van der Waals surface area (Å²) in [4.78, 5) is 13.3. The summed E-state index contributed by atoms with van der Waals surface area (Å²) in [6, 6.07) is 27.0. The Hall–Kier alpha value is -4.19. The van der Waals surface area contributed by atoms with Crippen molar-refractivity contribution in [2.45, 2.75) is 20.3 Å². The lowest BCUT2D eigenvalue weighted by Gasteiger charge is -2.17. The molecule has 0 unspecified atom stereocenters. The summed E-state index contributed by atoms with van der Waals surface area (Å²) < 4.78 is 11.1. The smallest absolute Gasteiger partial charge is 0.342 e. The molecule has 172 valence electrons. The number of nitrogens with one attached hydrogen (secondary N) is 1. The van der Waals surface area contributed by atoms with Crippen molar-refractivity contribution in [3.8, 4) is 28.1 Å². The second kappa shape index (κ2) is 11.1. The van der Waals surface area contributed by atoms with Crippen molar-refractivity contribution in [1.29, 1.82) is 0 Å². The van der Waals surface area contributed by atoms with Gasteiger partial charge in [-0.15, -0.1) is 10.2 Å². The quantitative estimate of drug-likeness (QED) is 0.291. The third-order valence-corrected chi connectivity index (χ3v) is 5.15. The Kier molecular flexibility index (Phi) is 7.50. The Bertz CT molecular complexity index is 1230. The zero-order valence-electron chi connectivity index (χ0n) is 19.3. The number of carbonyl (C=O) groups excluding carboxylic acids is 1. The predicted octanol–water partition coefficient (Wildman–Crippen LogP) is 6.52. The molecule has 0 radical (unpaired) electrons. The molecule has 4 aromatic rings. The highest BCUT2D eigenvalue weighted by Gasteiger charge is 2.25. The molecule has 1 aromatic heterocycles. The van der Waals surface area contributed by atoms with Gasteiger partial charge in [-0.1, -0.05) is 67.6 Å². The van der Waals surface area contributed by atoms with Gasteiger partial charge >= 0.3 is 5.97 Å². The summed E-state index contributed by atoms with van der Waals surface area (Å²) in [6.07, 6.45) is 0.939. The van der Waals surface area contributed by atoms with Crippen LogP contribution in [0.2, 0.25) is 0 Å². The summed E-state index contributed by atoms with van der Waals surface area (Å²) in [7, 11) is 0. The highest BCUT2D eigenvalue weighted by molar-refractivity contribution is 6.05. The van der Waals surface area contributed by atoms with E-state index < -0.39 is 5.97 Å².